The highest BCUT2D eigenvalue weighted by Gasteiger charge is 2.76. The van der Waals surface area contributed by atoms with E-state index < -0.39 is 28.7 Å². The molecule has 0 aromatic rings. The van der Waals surface area contributed by atoms with E-state index in [1.807, 2.05) is 27.7 Å². The molecule has 164 valence electrons. The lowest BCUT2D eigenvalue weighted by atomic mass is 9.70. The molecule has 7 atom stereocenters. The summed E-state index contributed by atoms with van der Waals surface area (Å²) in [6.45, 7) is 7.66. The highest BCUT2D eigenvalue weighted by Crippen LogP contribution is 2.68. The molecule has 7 nitrogen and oxygen atoms in total. The van der Waals surface area contributed by atoms with Crippen molar-refractivity contribution in [3.8, 4) is 0 Å². The normalized spacial score (nSPS) is 36.7. The molecule has 3 amide bonds. The van der Waals surface area contributed by atoms with E-state index in [0.717, 1.165) is 0 Å². The van der Waals surface area contributed by atoms with Gasteiger partial charge in [-0.2, -0.15) is 0 Å². The summed E-state index contributed by atoms with van der Waals surface area (Å²) in [7, 11) is 1.59. The van der Waals surface area contributed by atoms with Crippen molar-refractivity contribution in [3.05, 3.63) is 0 Å². The summed E-state index contributed by atoms with van der Waals surface area (Å²) in [5.74, 6) is -1.28. The molecule has 3 aliphatic heterocycles. The summed E-state index contributed by atoms with van der Waals surface area (Å²) in [6, 6.07) is -1.20. The number of carbonyl (C=O) groups is 3. The maximum atomic E-state index is 13.7. The number of fused-ring (bicyclic) bond motifs is 1. The molecule has 3 saturated heterocycles. The molecule has 29 heavy (non-hydrogen) atoms. The number of aliphatic hydroxyl groups excluding tert-OH is 1. The molecule has 3 unspecified atom stereocenters. The molecular weight excluding hydrogens is 458 g/mol. The molecule has 1 spiro atoms. The first-order valence-corrected chi connectivity index (χ1v) is 12.1. The van der Waals surface area contributed by atoms with Crippen molar-refractivity contribution in [1.29, 1.82) is 0 Å². The van der Waals surface area contributed by atoms with Gasteiger partial charge in [-0.3, -0.25) is 14.4 Å². The standard InChI is InChI=1S/C20H32BrN3O4S/c1-9(2)6-11(8-25)24-16(18(27)23-10(3)4)20-7-12(21)15(29-20)13(17(26)22-5)14(20)19(24)28/h9-16,25H,6-8H2,1-5H3,(H,22,26)(H,23,27)/t11-,12?,13-,14+,15-,16?,20?/m1/s1. The Morgan fingerprint density at radius 1 is 1.31 bits per heavy atom. The van der Waals surface area contributed by atoms with Crippen molar-refractivity contribution in [2.45, 2.75) is 73.5 Å². The number of hydrogen-bond donors (Lipinski definition) is 3. The number of hydrogen-bond acceptors (Lipinski definition) is 5. The third kappa shape index (κ3) is 3.61. The predicted molar refractivity (Wildman–Crippen MR) is 117 cm³/mol. The van der Waals surface area contributed by atoms with Crippen molar-refractivity contribution in [1.82, 2.24) is 15.5 Å². The summed E-state index contributed by atoms with van der Waals surface area (Å²) in [6.07, 6.45) is 1.26. The Balaban J connectivity index is 2.09. The third-order valence-electron chi connectivity index (χ3n) is 6.30. The zero-order chi connectivity index (χ0) is 21.7. The number of thioether (sulfide) groups is 1. The first kappa shape index (κ1) is 22.9. The van der Waals surface area contributed by atoms with Crippen LogP contribution in [-0.2, 0) is 14.4 Å². The van der Waals surface area contributed by atoms with Crippen LogP contribution in [0.25, 0.3) is 0 Å². The number of aliphatic hydroxyl groups is 1. The fourth-order valence-electron chi connectivity index (χ4n) is 5.41. The molecular formula is C20H32BrN3O4S. The minimum absolute atomic E-state index is 0.0434. The lowest BCUT2D eigenvalue weighted by Crippen LogP contribution is -2.58. The van der Waals surface area contributed by atoms with Gasteiger partial charge in [-0.25, -0.2) is 0 Å². The summed E-state index contributed by atoms with van der Waals surface area (Å²) in [4.78, 5) is 41.5. The molecule has 3 N–H and O–H groups in total. The predicted octanol–water partition coefficient (Wildman–Crippen LogP) is 1.13. The number of nitrogens with one attached hydrogen (secondary N) is 2. The first-order chi connectivity index (χ1) is 13.6. The quantitative estimate of drug-likeness (QED) is 0.465. The molecule has 0 aromatic heterocycles. The minimum atomic E-state index is -0.692. The molecule has 0 aromatic carbocycles. The number of nitrogens with zero attached hydrogens (tertiary/aromatic N) is 1. The first-order valence-electron chi connectivity index (χ1n) is 10.4. The number of halogens is 1. The average molecular weight is 490 g/mol. The van der Waals surface area contributed by atoms with E-state index in [-0.39, 0.29) is 46.4 Å². The van der Waals surface area contributed by atoms with Gasteiger partial charge in [-0.15, -0.1) is 11.8 Å². The topological polar surface area (TPSA) is 98.7 Å². The largest absolute Gasteiger partial charge is 0.394 e. The number of carbonyl (C=O) groups excluding carboxylic acids is 3. The van der Waals surface area contributed by atoms with Crippen LogP contribution in [0.3, 0.4) is 0 Å². The zero-order valence-electron chi connectivity index (χ0n) is 17.6. The minimum Gasteiger partial charge on any atom is -0.394 e. The number of likely N-dealkylation sites (tertiary alicyclic amines) is 1. The van der Waals surface area contributed by atoms with Gasteiger partial charge in [-0.05, 0) is 32.6 Å². The van der Waals surface area contributed by atoms with E-state index in [4.69, 9.17) is 0 Å². The Morgan fingerprint density at radius 3 is 2.48 bits per heavy atom. The molecule has 0 saturated carbocycles. The van der Waals surface area contributed by atoms with E-state index in [1.165, 1.54) is 0 Å². The molecule has 3 aliphatic rings. The Bertz CT molecular complexity index is 691. The fourth-order valence-corrected chi connectivity index (χ4v) is 9.01. The van der Waals surface area contributed by atoms with Gasteiger partial charge in [0.1, 0.15) is 6.04 Å². The van der Waals surface area contributed by atoms with Crippen molar-refractivity contribution in [2.75, 3.05) is 13.7 Å². The van der Waals surface area contributed by atoms with E-state index in [0.29, 0.717) is 12.8 Å². The van der Waals surface area contributed by atoms with Gasteiger partial charge in [0.15, 0.2) is 0 Å². The fraction of sp³-hybridized carbons (Fsp3) is 0.850. The summed E-state index contributed by atoms with van der Waals surface area (Å²) in [5, 5.41) is 15.8. The van der Waals surface area contributed by atoms with Crippen LogP contribution < -0.4 is 10.6 Å². The van der Waals surface area contributed by atoms with Gasteiger partial charge in [0, 0.05) is 23.2 Å². The highest BCUT2D eigenvalue weighted by molar-refractivity contribution is 9.09. The molecule has 0 aliphatic carbocycles. The summed E-state index contributed by atoms with van der Waals surface area (Å²) >= 11 is 5.33. The van der Waals surface area contributed by atoms with Gasteiger partial charge in [-0.1, -0.05) is 29.8 Å². The van der Waals surface area contributed by atoms with Gasteiger partial charge in [0.05, 0.1) is 29.2 Å². The maximum absolute atomic E-state index is 13.7. The second-order valence-electron chi connectivity index (χ2n) is 9.15. The van der Waals surface area contributed by atoms with Crippen molar-refractivity contribution in [2.24, 2.45) is 17.8 Å². The molecule has 3 heterocycles. The van der Waals surface area contributed by atoms with Gasteiger partial charge < -0.3 is 20.6 Å². The van der Waals surface area contributed by atoms with Crippen molar-refractivity contribution >= 4 is 45.4 Å². The van der Waals surface area contributed by atoms with E-state index in [2.05, 4.69) is 26.6 Å². The number of rotatable bonds is 7. The van der Waals surface area contributed by atoms with Crippen LogP contribution in [0.1, 0.15) is 40.5 Å². The monoisotopic (exact) mass is 489 g/mol. The van der Waals surface area contributed by atoms with Crippen LogP contribution in [-0.4, -0.2) is 74.3 Å². The average Bonchev–Trinajstić information content (AvgIpc) is 3.21. The van der Waals surface area contributed by atoms with Crippen LogP contribution in [0.15, 0.2) is 0 Å². The van der Waals surface area contributed by atoms with E-state index in [9.17, 15) is 19.5 Å². The van der Waals surface area contributed by atoms with Crippen LogP contribution in [0.4, 0.5) is 0 Å². The lowest BCUT2D eigenvalue weighted by molar-refractivity contribution is -0.143. The Kier molecular flexibility index (Phi) is 6.61. The zero-order valence-corrected chi connectivity index (χ0v) is 20.0. The molecule has 3 fully saturated rings. The Hall–Kier alpha value is -0.800. The van der Waals surface area contributed by atoms with E-state index in [1.54, 1.807) is 23.7 Å². The van der Waals surface area contributed by atoms with Crippen LogP contribution in [0.5, 0.6) is 0 Å². The van der Waals surface area contributed by atoms with Gasteiger partial charge >= 0.3 is 0 Å². The molecule has 0 radical (unpaired) electrons. The van der Waals surface area contributed by atoms with Crippen LogP contribution in [0.2, 0.25) is 0 Å². The smallest absolute Gasteiger partial charge is 0.244 e. The Morgan fingerprint density at radius 2 is 1.97 bits per heavy atom. The number of amides is 3. The second-order valence-corrected chi connectivity index (χ2v) is 11.9. The second kappa shape index (κ2) is 8.38. The maximum Gasteiger partial charge on any atom is 0.244 e. The molecule has 2 bridgehead atoms. The van der Waals surface area contributed by atoms with Crippen LogP contribution >= 0.6 is 27.7 Å². The summed E-state index contributed by atoms with van der Waals surface area (Å²) in [5.41, 5.74) is 0. The summed E-state index contributed by atoms with van der Waals surface area (Å²) < 4.78 is -0.656. The molecule has 9 heteroatoms. The van der Waals surface area contributed by atoms with Crippen LogP contribution in [0, 0.1) is 17.8 Å². The number of alkyl halides is 1. The third-order valence-corrected chi connectivity index (χ3v) is 9.52. The Labute approximate surface area is 185 Å². The molecule has 3 rings (SSSR count). The van der Waals surface area contributed by atoms with Crippen molar-refractivity contribution in [3.63, 3.8) is 0 Å². The van der Waals surface area contributed by atoms with Gasteiger partial charge in [0.2, 0.25) is 17.7 Å². The van der Waals surface area contributed by atoms with E-state index >= 15 is 0 Å². The lowest BCUT2D eigenvalue weighted by Gasteiger charge is -2.38. The van der Waals surface area contributed by atoms with Gasteiger partial charge in [0.25, 0.3) is 0 Å². The SMILES string of the molecule is CNC(=O)[C@H]1[C@@H]2SC3(CC2Br)C(C(=O)NC(C)C)N([C@@H](CO)CC(C)C)C(=O)[C@H]13. The van der Waals surface area contributed by atoms with Crippen molar-refractivity contribution < 1.29 is 19.5 Å². The highest BCUT2D eigenvalue weighted by atomic mass is 79.9.